The van der Waals surface area contributed by atoms with E-state index in [2.05, 4.69) is 11.0 Å². The second kappa shape index (κ2) is 4.61. The number of esters is 1. The molecule has 4 heteroatoms. The van der Waals surface area contributed by atoms with E-state index < -0.39 is 0 Å². The van der Waals surface area contributed by atoms with Gasteiger partial charge in [-0.25, -0.2) is 4.79 Å². The third kappa shape index (κ3) is 1.86. The van der Waals surface area contributed by atoms with E-state index in [-0.39, 0.29) is 5.97 Å². The van der Waals surface area contributed by atoms with Crippen LogP contribution in [0.1, 0.15) is 22.3 Å². The molecule has 1 atom stereocenters. The summed E-state index contributed by atoms with van der Waals surface area (Å²) in [5.41, 5.74) is 2.98. The fraction of sp³-hybridized carbons (Fsp3) is 0.500. The van der Waals surface area contributed by atoms with Crippen molar-refractivity contribution in [1.29, 1.82) is 0 Å². The Balaban J connectivity index is 1.85. The Morgan fingerprint density at radius 1 is 1.56 bits per heavy atom. The second-order valence-electron chi connectivity index (χ2n) is 4.77. The molecule has 2 aliphatic rings. The van der Waals surface area contributed by atoms with Crippen molar-refractivity contribution in [3.8, 4) is 0 Å². The molecule has 0 amide bonds. The Morgan fingerprint density at radius 2 is 2.39 bits per heavy atom. The van der Waals surface area contributed by atoms with Gasteiger partial charge in [-0.3, -0.25) is 0 Å². The summed E-state index contributed by atoms with van der Waals surface area (Å²) in [4.78, 5) is 14.0. The highest BCUT2D eigenvalue weighted by Gasteiger charge is 2.28. The number of hydrogen-bond acceptors (Lipinski definition) is 4. The first kappa shape index (κ1) is 11.5. The molecule has 18 heavy (non-hydrogen) atoms. The molecule has 1 aromatic rings. The minimum Gasteiger partial charge on any atom is -0.465 e. The van der Waals surface area contributed by atoms with Gasteiger partial charge in [0.15, 0.2) is 0 Å². The lowest BCUT2D eigenvalue weighted by Gasteiger charge is -2.31. The molecule has 0 N–H and O–H groups in total. The Labute approximate surface area is 106 Å². The largest absolute Gasteiger partial charge is 0.465 e. The third-order valence-electron chi connectivity index (χ3n) is 3.75. The van der Waals surface area contributed by atoms with Gasteiger partial charge in [-0.05, 0) is 30.5 Å². The fourth-order valence-corrected chi connectivity index (χ4v) is 2.67. The highest BCUT2D eigenvalue weighted by atomic mass is 16.5. The first-order valence-corrected chi connectivity index (χ1v) is 6.36. The number of benzene rings is 1. The van der Waals surface area contributed by atoms with Crippen LogP contribution in [0.5, 0.6) is 0 Å². The topological polar surface area (TPSA) is 38.8 Å². The molecule has 0 spiro atoms. The molecule has 4 nitrogen and oxygen atoms in total. The molecule has 0 aliphatic carbocycles. The summed E-state index contributed by atoms with van der Waals surface area (Å²) in [5, 5.41) is 0. The smallest absolute Gasteiger partial charge is 0.338 e. The van der Waals surface area contributed by atoms with Crippen molar-refractivity contribution in [2.45, 2.75) is 18.9 Å². The van der Waals surface area contributed by atoms with Crippen molar-refractivity contribution < 1.29 is 14.3 Å². The summed E-state index contributed by atoms with van der Waals surface area (Å²) in [6.07, 6.45) is 2.41. The van der Waals surface area contributed by atoms with Crippen LogP contribution in [0.3, 0.4) is 0 Å². The van der Waals surface area contributed by atoms with E-state index in [4.69, 9.17) is 9.47 Å². The molecule has 0 bridgehead atoms. The molecule has 2 aliphatic heterocycles. The van der Waals surface area contributed by atoms with Gasteiger partial charge in [0.2, 0.25) is 0 Å². The number of anilines is 1. The number of carbonyl (C=O) groups excluding carboxylic acids is 1. The number of rotatable bonds is 3. The normalized spacial score (nSPS) is 21.4. The average Bonchev–Trinajstić information content (AvgIpc) is 2.76. The van der Waals surface area contributed by atoms with E-state index in [0.717, 1.165) is 43.8 Å². The van der Waals surface area contributed by atoms with Gasteiger partial charge in [-0.15, -0.1) is 0 Å². The molecule has 1 aromatic carbocycles. The van der Waals surface area contributed by atoms with Gasteiger partial charge in [0, 0.05) is 25.4 Å². The van der Waals surface area contributed by atoms with Crippen molar-refractivity contribution >= 4 is 11.7 Å². The Hall–Kier alpha value is -1.55. The van der Waals surface area contributed by atoms with E-state index in [1.165, 1.54) is 7.11 Å². The number of nitrogens with zero attached hydrogens (tertiary/aromatic N) is 1. The molecular formula is C14H17NO3. The SMILES string of the molecule is COC(=O)c1cccc2c1CCN2CC1CCO1. The predicted molar refractivity (Wildman–Crippen MR) is 68.1 cm³/mol. The highest BCUT2D eigenvalue weighted by molar-refractivity contribution is 5.93. The van der Waals surface area contributed by atoms with Crippen molar-refractivity contribution in [3.05, 3.63) is 29.3 Å². The van der Waals surface area contributed by atoms with E-state index in [1.54, 1.807) is 0 Å². The monoisotopic (exact) mass is 247 g/mol. The lowest BCUT2D eigenvalue weighted by Crippen LogP contribution is -2.39. The van der Waals surface area contributed by atoms with Gasteiger partial charge < -0.3 is 14.4 Å². The van der Waals surface area contributed by atoms with E-state index in [0.29, 0.717) is 11.7 Å². The first-order chi connectivity index (χ1) is 8.79. The fourth-order valence-electron chi connectivity index (χ4n) is 2.67. The first-order valence-electron chi connectivity index (χ1n) is 6.36. The number of ether oxygens (including phenoxy) is 2. The van der Waals surface area contributed by atoms with E-state index >= 15 is 0 Å². The molecule has 0 saturated carbocycles. The average molecular weight is 247 g/mol. The summed E-state index contributed by atoms with van der Waals surface area (Å²) < 4.78 is 10.3. The maximum atomic E-state index is 11.7. The van der Waals surface area contributed by atoms with E-state index in [9.17, 15) is 4.79 Å². The molecule has 0 aromatic heterocycles. The predicted octanol–water partition coefficient (Wildman–Crippen LogP) is 1.62. The maximum Gasteiger partial charge on any atom is 0.338 e. The lowest BCUT2D eigenvalue weighted by atomic mass is 10.1. The van der Waals surface area contributed by atoms with Crippen LogP contribution in [0, 0.1) is 0 Å². The zero-order valence-electron chi connectivity index (χ0n) is 10.5. The van der Waals surface area contributed by atoms with Crippen LogP contribution < -0.4 is 4.90 Å². The summed E-state index contributed by atoms with van der Waals surface area (Å²) in [5.74, 6) is -0.242. The molecule has 96 valence electrons. The maximum absolute atomic E-state index is 11.7. The second-order valence-corrected chi connectivity index (χ2v) is 4.77. The molecule has 3 rings (SSSR count). The van der Waals surface area contributed by atoms with Gasteiger partial charge in [-0.1, -0.05) is 6.07 Å². The Bertz CT molecular complexity index is 468. The Kier molecular flexibility index (Phi) is 2.96. The summed E-state index contributed by atoms with van der Waals surface area (Å²) in [6, 6.07) is 5.84. The van der Waals surface area contributed by atoms with Gasteiger partial charge >= 0.3 is 5.97 Å². The van der Waals surface area contributed by atoms with Crippen LogP contribution in [0.15, 0.2) is 18.2 Å². The van der Waals surface area contributed by atoms with Crippen LogP contribution in [-0.4, -0.2) is 38.9 Å². The lowest BCUT2D eigenvalue weighted by molar-refractivity contribution is -0.0443. The highest BCUT2D eigenvalue weighted by Crippen LogP contribution is 2.32. The molecule has 1 saturated heterocycles. The van der Waals surface area contributed by atoms with Crippen molar-refractivity contribution in [2.75, 3.05) is 31.7 Å². The number of carbonyl (C=O) groups is 1. The standard InChI is InChI=1S/C14H17NO3/c1-17-14(16)12-3-2-4-13-11(12)5-7-15(13)9-10-6-8-18-10/h2-4,10H,5-9H2,1H3. The number of hydrogen-bond donors (Lipinski definition) is 0. The van der Waals surface area contributed by atoms with Crippen molar-refractivity contribution in [1.82, 2.24) is 0 Å². The molecular weight excluding hydrogens is 230 g/mol. The summed E-state index contributed by atoms with van der Waals surface area (Å²) in [6.45, 7) is 2.77. The number of fused-ring (bicyclic) bond motifs is 1. The van der Waals surface area contributed by atoms with Gasteiger partial charge in [0.25, 0.3) is 0 Å². The van der Waals surface area contributed by atoms with Crippen LogP contribution in [0.2, 0.25) is 0 Å². The van der Waals surface area contributed by atoms with Gasteiger partial charge in [0.1, 0.15) is 0 Å². The third-order valence-corrected chi connectivity index (χ3v) is 3.75. The van der Waals surface area contributed by atoms with Crippen LogP contribution >= 0.6 is 0 Å². The van der Waals surface area contributed by atoms with Gasteiger partial charge in [0.05, 0.1) is 18.8 Å². The Morgan fingerprint density at radius 3 is 3.06 bits per heavy atom. The van der Waals surface area contributed by atoms with Crippen LogP contribution in [-0.2, 0) is 15.9 Å². The minimum atomic E-state index is -0.242. The van der Waals surface area contributed by atoms with Crippen LogP contribution in [0.4, 0.5) is 5.69 Å². The molecule has 2 heterocycles. The van der Waals surface area contributed by atoms with Crippen molar-refractivity contribution in [3.63, 3.8) is 0 Å². The summed E-state index contributed by atoms with van der Waals surface area (Å²) in [7, 11) is 1.43. The number of methoxy groups -OCH3 is 1. The van der Waals surface area contributed by atoms with Crippen molar-refractivity contribution in [2.24, 2.45) is 0 Å². The molecule has 1 unspecified atom stereocenters. The van der Waals surface area contributed by atoms with Gasteiger partial charge in [-0.2, -0.15) is 0 Å². The zero-order valence-corrected chi connectivity index (χ0v) is 10.5. The van der Waals surface area contributed by atoms with E-state index in [1.807, 2.05) is 12.1 Å². The minimum absolute atomic E-state index is 0.242. The van der Waals surface area contributed by atoms with Crippen LogP contribution in [0.25, 0.3) is 0 Å². The summed E-state index contributed by atoms with van der Waals surface area (Å²) >= 11 is 0. The molecule has 1 fully saturated rings. The zero-order chi connectivity index (χ0) is 12.5. The quantitative estimate of drug-likeness (QED) is 0.761. The molecule has 0 radical (unpaired) electrons.